The summed E-state index contributed by atoms with van der Waals surface area (Å²) in [5, 5.41) is 0. The van der Waals surface area contributed by atoms with Gasteiger partial charge in [0, 0.05) is 30.1 Å². The molecule has 2 saturated heterocycles. The highest BCUT2D eigenvalue weighted by atomic mass is 35.5. The summed E-state index contributed by atoms with van der Waals surface area (Å²) in [6.45, 7) is 0. The minimum absolute atomic E-state index is 0. The molecule has 0 radical (unpaired) electrons. The predicted octanol–water partition coefficient (Wildman–Crippen LogP) is 2.27. The van der Waals surface area contributed by atoms with Gasteiger partial charge in [0.05, 0.1) is 4.90 Å². The zero-order chi connectivity index (χ0) is 16.2. The summed E-state index contributed by atoms with van der Waals surface area (Å²) in [6, 6.07) is 5.16. The van der Waals surface area contributed by atoms with Crippen molar-refractivity contribution < 1.29 is 13.2 Å². The van der Waals surface area contributed by atoms with Gasteiger partial charge in [-0.25, -0.2) is 8.42 Å². The van der Waals surface area contributed by atoms with E-state index in [1.54, 1.807) is 22.5 Å². The second-order valence-corrected chi connectivity index (χ2v) is 8.89. The van der Waals surface area contributed by atoms with E-state index < -0.39 is 10.0 Å². The number of fused-ring (bicyclic) bond motifs is 3. The van der Waals surface area contributed by atoms with Crippen LogP contribution in [0.15, 0.2) is 23.1 Å². The van der Waals surface area contributed by atoms with Crippen molar-refractivity contribution >= 4 is 28.2 Å². The number of piperidine rings is 2. The van der Waals surface area contributed by atoms with E-state index in [-0.39, 0.29) is 41.2 Å². The summed E-state index contributed by atoms with van der Waals surface area (Å²) in [4.78, 5) is 12.2. The molecular formula is C17H23ClN2O3S. The molecule has 0 amide bonds. The Labute approximate surface area is 149 Å². The lowest BCUT2D eigenvalue weighted by molar-refractivity contribution is 0.0994. The molecule has 4 rings (SSSR count). The Kier molecular flexibility index (Phi) is 4.77. The average Bonchev–Trinajstić information content (AvgIpc) is 2.87. The van der Waals surface area contributed by atoms with E-state index in [1.807, 2.05) is 0 Å². The van der Waals surface area contributed by atoms with Gasteiger partial charge in [0.15, 0.2) is 5.78 Å². The van der Waals surface area contributed by atoms with Crippen molar-refractivity contribution in [3.63, 3.8) is 0 Å². The number of Topliss-reactive ketones (excluding diaryl/α,β-unsaturated/α-hetero) is 1. The number of carbonyl (C=O) groups excluding carboxylic acids is 1. The molecular weight excluding hydrogens is 348 g/mol. The fourth-order valence-electron chi connectivity index (χ4n) is 4.47. The van der Waals surface area contributed by atoms with Gasteiger partial charge < -0.3 is 5.73 Å². The lowest BCUT2D eigenvalue weighted by Crippen LogP contribution is -2.57. The lowest BCUT2D eigenvalue weighted by Gasteiger charge is -2.46. The second-order valence-electron chi connectivity index (χ2n) is 7.05. The summed E-state index contributed by atoms with van der Waals surface area (Å²) in [5.41, 5.74) is 7.65. The van der Waals surface area contributed by atoms with E-state index >= 15 is 0 Å². The largest absolute Gasteiger partial charge is 0.328 e. The van der Waals surface area contributed by atoms with Crippen molar-refractivity contribution in [3.05, 3.63) is 29.3 Å². The van der Waals surface area contributed by atoms with E-state index in [2.05, 4.69) is 0 Å². The number of hydrogen-bond donors (Lipinski definition) is 1. The summed E-state index contributed by atoms with van der Waals surface area (Å²) in [5.74, 6) is 0.0536. The normalized spacial score (nSPS) is 29.9. The predicted molar refractivity (Wildman–Crippen MR) is 94.0 cm³/mol. The Balaban J connectivity index is 0.00000169. The maximum atomic E-state index is 13.2. The van der Waals surface area contributed by atoms with Crippen LogP contribution >= 0.6 is 12.4 Å². The Hall–Kier alpha value is -0.950. The van der Waals surface area contributed by atoms with Crippen LogP contribution in [0.5, 0.6) is 0 Å². The molecule has 2 bridgehead atoms. The fraction of sp³-hybridized carbons (Fsp3) is 0.588. The van der Waals surface area contributed by atoms with Crippen LogP contribution in [-0.2, 0) is 16.4 Å². The van der Waals surface area contributed by atoms with Gasteiger partial charge in [-0.05, 0) is 49.8 Å². The van der Waals surface area contributed by atoms with Crippen LogP contribution < -0.4 is 5.73 Å². The van der Waals surface area contributed by atoms with Crippen molar-refractivity contribution in [2.75, 3.05) is 0 Å². The van der Waals surface area contributed by atoms with Crippen LogP contribution in [0.1, 0.15) is 54.4 Å². The van der Waals surface area contributed by atoms with Crippen molar-refractivity contribution in [3.8, 4) is 0 Å². The number of hydrogen-bond acceptors (Lipinski definition) is 4. The van der Waals surface area contributed by atoms with Gasteiger partial charge in [-0.3, -0.25) is 4.79 Å². The summed E-state index contributed by atoms with van der Waals surface area (Å²) < 4.78 is 28.1. The van der Waals surface area contributed by atoms with Gasteiger partial charge in [0.2, 0.25) is 10.0 Å². The fourth-order valence-corrected chi connectivity index (χ4v) is 6.39. The number of aryl methyl sites for hydroxylation is 1. The quantitative estimate of drug-likeness (QED) is 0.865. The zero-order valence-corrected chi connectivity index (χ0v) is 15.1. The number of nitrogens with zero attached hydrogens (tertiary/aromatic N) is 1. The minimum Gasteiger partial charge on any atom is -0.328 e. The van der Waals surface area contributed by atoms with E-state index in [0.717, 1.165) is 44.1 Å². The first-order valence-electron chi connectivity index (χ1n) is 8.42. The standard InChI is InChI=1S/C17H22N2O3S.ClH/c18-12-8-13-2-1-3-14(9-12)19(13)23(21,22)15-6-4-11-5-7-17(20)16(11)10-15;/h4,6,10,12-14H,1-3,5,7-9,18H2;1H. The van der Waals surface area contributed by atoms with Gasteiger partial charge in [0.1, 0.15) is 0 Å². The maximum Gasteiger partial charge on any atom is 0.243 e. The van der Waals surface area contributed by atoms with Crippen LogP contribution in [0.3, 0.4) is 0 Å². The molecule has 2 unspecified atom stereocenters. The molecule has 1 aliphatic carbocycles. The summed E-state index contributed by atoms with van der Waals surface area (Å²) >= 11 is 0. The van der Waals surface area contributed by atoms with Crippen molar-refractivity contribution in [1.82, 2.24) is 4.31 Å². The molecule has 0 aromatic heterocycles. The molecule has 132 valence electrons. The highest BCUT2D eigenvalue weighted by Gasteiger charge is 2.44. The number of rotatable bonds is 2. The third kappa shape index (κ3) is 2.79. The van der Waals surface area contributed by atoms with E-state index in [0.29, 0.717) is 12.0 Å². The topological polar surface area (TPSA) is 80.5 Å². The Morgan fingerprint density at radius 1 is 1.08 bits per heavy atom. The second kappa shape index (κ2) is 6.41. The van der Waals surface area contributed by atoms with Gasteiger partial charge in [-0.2, -0.15) is 4.31 Å². The number of carbonyl (C=O) groups is 1. The first-order chi connectivity index (χ1) is 11.0. The Morgan fingerprint density at radius 2 is 1.75 bits per heavy atom. The highest BCUT2D eigenvalue weighted by Crippen LogP contribution is 2.38. The molecule has 3 aliphatic rings. The van der Waals surface area contributed by atoms with Crippen LogP contribution in [0.25, 0.3) is 0 Å². The number of benzene rings is 1. The molecule has 24 heavy (non-hydrogen) atoms. The Bertz CT molecular complexity index is 751. The van der Waals surface area contributed by atoms with Crippen LogP contribution in [0, 0.1) is 0 Å². The van der Waals surface area contributed by atoms with E-state index in [9.17, 15) is 13.2 Å². The molecule has 7 heteroatoms. The first kappa shape index (κ1) is 17.9. The van der Waals surface area contributed by atoms with Gasteiger partial charge in [-0.1, -0.05) is 12.5 Å². The van der Waals surface area contributed by atoms with Crippen molar-refractivity contribution in [2.24, 2.45) is 5.73 Å². The number of nitrogens with two attached hydrogens (primary N) is 1. The van der Waals surface area contributed by atoms with Crippen molar-refractivity contribution in [1.29, 1.82) is 0 Å². The van der Waals surface area contributed by atoms with Crippen molar-refractivity contribution in [2.45, 2.75) is 68.0 Å². The van der Waals surface area contributed by atoms with Gasteiger partial charge in [-0.15, -0.1) is 12.4 Å². The highest BCUT2D eigenvalue weighted by molar-refractivity contribution is 7.89. The Morgan fingerprint density at radius 3 is 2.42 bits per heavy atom. The number of sulfonamides is 1. The van der Waals surface area contributed by atoms with Crippen LogP contribution in [0.4, 0.5) is 0 Å². The van der Waals surface area contributed by atoms with E-state index in [4.69, 9.17) is 5.73 Å². The number of halogens is 1. The molecule has 2 N–H and O–H groups in total. The van der Waals surface area contributed by atoms with Gasteiger partial charge in [0.25, 0.3) is 0 Å². The molecule has 0 saturated carbocycles. The molecule has 0 spiro atoms. The monoisotopic (exact) mass is 370 g/mol. The summed E-state index contributed by atoms with van der Waals surface area (Å²) in [7, 11) is -3.56. The van der Waals surface area contributed by atoms with Crippen LogP contribution in [0.2, 0.25) is 0 Å². The van der Waals surface area contributed by atoms with Crippen LogP contribution in [-0.4, -0.2) is 36.6 Å². The molecule has 5 nitrogen and oxygen atoms in total. The molecule has 2 heterocycles. The molecule has 2 fully saturated rings. The smallest absolute Gasteiger partial charge is 0.243 e. The molecule has 1 aromatic rings. The first-order valence-corrected chi connectivity index (χ1v) is 9.86. The molecule has 2 aliphatic heterocycles. The molecule has 1 aromatic carbocycles. The maximum absolute atomic E-state index is 13.2. The lowest BCUT2D eigenvalue weighted by atomic mass is 9.84. The molecule has 2 atom stereocenters. The average molecular weight is 371 g/mol. The minimum atomic E-state index is -3.56. The third-order valence-electron chi connectivity index (χ3n) is 5.52. The van der Waals surface area contributed by atoms with E-state index in [1.165, 1.54) is 0 Å². The zero-order valence-electron chi connectivity index (χ0n) is 13.5. The SMILES string of the molecule is Cl.NC1CC2CCCC(C1)N2S(=O)(=O)c1ccc2c(c1)C(=O)CC2. The summed E-state index contributed by atoms with van der Waals surface area (Å²) in [6.07, 6.45) is 5.51. The third-order valence-corrected chi connectivity index (χ3v) is 7.52. The number of ketones is 1. The van der Waals surface area contributed by atoms with Gasteiger partial charge >= 0.3 is 0 Å².